The molecule has 0 aliphatic heterocycles. The molecule has 0 saturated heterocycles. The van der Waals surface area contributed by atoms with Crippen molar-refractivity contribution in [3.8, 4) is 0 Å². The van der Waals surface area contributed by atoms with E-state index in [2.05, 4.69) is 0 Å². The smallest absolute Gasteiger partial charge is 0.222 e. The summed E-state index contributed by atoms with van der Waals surface area (Å²) in [6.07, 6.45) is -0.776. The third-order valence-electron chi connectivity index (χ3n) is 3.50. The van der Waals surface area contributed by atoms with Gasteiger partial charge >= 0.3 is 0 Å². The minimum absolute atomic E-state index is 0.126. The molecule has 5 nitrogen and oxygen atoms in total. The highest BCUT2D eigenvalue weighted by molar-refractivity contribution is 6.01. The fourth-order valence-electron chi connectivity index (χ4n) is 2.18. The van der Waals surface area contributed by atoms with Gasteiger partial charge in [-0.1, -0.05) is 60.7 Å². The number of aliphatic hydroxyl groups is 1. The molecule has 5 heteroatoms. The number of Topliss-reactive ketones (excluding diaryl/α,β-unsaturated/α-hetero) is 2. The van der Waals surface area contributed by atoms with Crippen LogP contribution < -0.4 is 0 Å². The summed E-state index contributed by atoms with van der Waals surface area (Å²) >= 11 is 0. The zero-order valence-electron chi connectivity index (χ0n) is 16.3. The Balaban J connectivity index is 0.000000277. The monoisotopic (exact) mass is 372 g/mol. The van der Waals surface area contributed by atoms with E-state index in [-0.39, 0.29) is 11.6 Å². The van der Waals surface area contributed by atoms with Crippen LogP contribution in [0.15, 0.2) is 60.7 Å². The third-order valence-corrected chi connectivity index (χ3v) is 3.50. The Morgan fingerprint density at radius 3 is 1.63 bits per heavy atom. The minimum Gasteiger partial charge on any atom is -0.382 e. The zero-order valence-corrected chi connectivity index (χ0v) is 16.3. The van der Waals surface area contributed by atoms with E-state index in [4.69, 9.17) is 9.47 Å². The molecule has 0 radical (unpaired) electrons. The average Bonchev–Trinajstić information content (AvgIpc) is 2.68. The zero-order chi connectivity index (χ0) is 20.3. The molecule has 1 N–H and O–H groups in total. The predicted molar refractivity (Wildman–Crippen MR) is 105 cm³/mol. The largest absolute Gasteiger partial charge is 0.382 e. The first-order valence-corrected chi connectivity index (χ1v) is 8.95. The number of ketones is 2. The van der Waals surface area contributed by atoms with E-state index in [1.807, 2.05) is 38.1 Å². The van der Waals surface area contributed by atoms with Crippen molar-refractivity contribution in [2.24, 2.45) is 0 Å². The molecule has 0 aromatic heterocycles. The molecule has 0 aliphatic carbocycles. The van der Waals surface area contributed by atoms with Gasteiger partial charge in [0.25, 0.3) is 0 Å². The van der Waals surface area contributed by atoms with Gasteiger partial charge < -0.3 is 14.6 Å². The van der Waals surface area contributed by atoms with Gasteiger partial charge in [0.15, 0.2) is 5.78 Å². The second kappa shape index (κ2) is 11.4. The molecule has 0 fully saturated rings. The molecular weight excluding hydrogens is 344 g/mol. The molecule has 0 atom stereocenters. The highest BCUT2D eigenvalue weighted by Gasteiger charge is 2.24. The van der Waals surface area contributed by atoms with Gasteiger partial charge in [-0.15, -0.1) is 0 Å². The number of benzene rings is 2. The van der Waals surface area contributed by atoms with Crippen LogP contribution in [0.25, 0.3) is 0 Å². The van der Waals surface area contributed by atoms with Crippen molar-refractivity contribution in [1.82, 2.24) is 0 Å². The first-order chi connectivity index (χ1) is 12.8. The van der Waals surface area contributed by atoms with Crippen LogP contribution in [0.3, 0.4) is 0 Å². The molecule has 0 saturated carbocycles. The van der Waals surface area contributed by atoms with E-state index in [0.29, 0.717) is 24.3 Å². The van der Waals surface area contributed by atoms with Crippen LogP contribution in [-0.2, 0) is 9.47 Å². The molecule has 2 rings (SSSR count). The first-order valence-electron chi connectivity index (χ1n) is 8.95. The van der Waals surface area contributed by atoms with Crippen molar-refractivity contribution in [1.29, 1.82) is 0 Å². The van der Waals surface area contributed by atoms with Crippen LogP contribution in [0.5, 0.6) is 0 Å². The van der Waals surface area contributed by atoms with Gasteiger partial charge in [-0.2, -0.15) is 0 Å². The number of ether oxygens (including phenoxy) is 2. The molecule has 146 valence electrons. The lowest BCUT2D eigenvalue weighted by molar-refractivity contribution is -0.107. The molecule has 0 amide bonds. The molecule has 2 aromatic carbocycles. The molecule has 0 spiro atoms. The Morgan fingerprint density at radius 1 is 0.852 bits per heavy atom. The van der Waals surface area contributed by atoms with Gasteiger partial charge in [0.05, 0.1) is 0 Å². The van der Waals surface area contributed by atoms with Gasteiger partial charge in [0.1, 0.15) is 5.60 Å². The molecule has 2 aromatic rings. The molecule has 27 heavy (non-hydrogen) atoms. The molecule has 0 heterocycles. The van der Waals surface area contributed by atoms with Gasteiger partial charge in [-0.05, 0) is 27.7 Å². The highest BCUT2D eigenvalue weighted by atomic mass is 16.7. The Labute approximate surface area is 160 Å². The topological polar surface area (TPSA) is 72.8 Å². The number of rotatable bonds is 8. The Hall–Kier alpha value is -2.34. The van der Waals surface area contributed by atoms with E-state index in [9.17, 15) is 14.7 Å². The maximum Gasteiger partial charge on any atom is 0.222 e. The van der Waals surface area contributed by atoms with Gasteiger partial charge in [0.2, 0.25) is 12.1 Å². The SMILES string of the molecule is CC(C)(O)C(=O)c1ccccc1.CCOC(OCC)C(=O)c1ccccc1. The van der Waals surface area contributed by atoms with Crippen molar-refractivity contribution in [3.05, 3.63) is 71.8 Å². The van der Waals surface area contributed by atoms with Crippen LogP contribution in [0.1, 0.15) is 48.4 Å². The number of carbonyl (C=O) groups is 2. The van der Waals surface area contributed by atoms with E-state index in [1.165, 1.54) is 13.8 Å². The third kappa shape index (κ3) is 7.83. The Bertz CT molecular complexity index is 684. The summed E-state index contributed by atoms with van der Waals surface area (Å²) in [5.74, 6) is -0.373. The summed E-state index contributed by atoms with van der Waals surface area (Å²) in [7, 11) is 0. The lowest BCUT2D eigenvalue weighted by Crippen LogP contribution is -2.30. The number of hydrogen-bond donors (Lipinski definition) is 1. The fraction of sp³-hybridized carbons (Fsp3) is 0.364. The summed E-state index contributed by atoms with van der Waals surface area (Å²) in [5.41, 5.74) is -0.115. The van der Waals surface area contributed by atoms with Crippen molar-refractivity contribution in [3.63, 3.8) is 0 Å². The number of carbonyl (C=O) groups excluding carboxylic acids is 2. The van der Waals surface area contributed by atoms with Crippen LogP contribution in [-0.4, -0.2) is 41.8 Å². The summed E-state index contributed by atoms with van der Waals surface area (Å²) < 4.78 is 10.5. The highest BCUT2D eigenvalue weighted by Crippen LogP contribution is 2.11. The van der Waals surface area contributed by atoms with Gasteiger partial charge in [-0.25, -0.2) is 0 Å². The summed E-state index contributed by atoms with van der Waals surface area (Å²) in [6.45, 7) is 7.58. The summed E-state index contributed by atoms with van der Waals surface area (Å²) in [5, 5.41) is 9.39. The Morgan fingerprint density at radius 2 is 1.26 bits per heavy atom. The predicted octanol–water partition coefficient (Wildman–Crippen LogP) is 3.91. The molecule has 0 aliphatic rings. The molecule has 0 bridgehead atoms. The minimum atomic E-state index is -1.28. The maximum absolute atomic E-state index is 11.9. The van der Waals surface area contributed by atoms with E-state index in [0.717, 1.165) is 0 Å². The van der Waals surface area contributed by atoms with Crippen LogP contribution in [0.4, 0.5) is 0 Å². The summed E-state index contributed by atoms with van der Waals surface area (Å²) in [6, 6.07) is 17.8. The van der Waals surface area contributed by atoms with Crippen molar-refractivity contribution in [2.75, 3.05) is 13.2 Å². The van der Waals surface area contributed by atoms with Crippen LogP contribution in [0.2, 0.25) is 0 Å². The lowest BCUT2D eigenvalue weighted by Gasteiger charge is -2.15. The second-order valence-corrected chi connectivity index (χ2v) is 6.23. The van der Waals surface area contributed by atoms with Gasteiger partial charge in [0, 0.05) is 24.3 Å². The molecule has 0 unspecified atom stereocenters. The van der Waals surface area contributed by atoms with E-state index in [1.54, 1.807) is 36.4 Å². The normalized spacial score (nSPS) is 10.9. The van der Waals surface area contributed by atoms with Crippen molar-refractivity contribution < 1.29 is 24.2 Å². The standard InChI is InChI=1S/C12H16O3.C10H12O2/c1-3-14-12(15-4-2)11(13)10-8-6-5-7-9-10;1-10(2,12)9(11)8-6-4-3-5-7-8/h5-9,12H,3-4H2,1-2H3;3-7,12H,1-2H3. The quantitative estimate of drug-likeness (QED) is 0.562. The van der Waals surface area contributed by atoms with Crippen LogP contribution >= 0.6 is 0 Å². The van der Waals surface area contributed by atoms with E-state index < -0.39 is 11.9 Å². The fourth-order valence-corrected chi connectivity index (χ4v) is 2.18. The van der Waals surface area contributed by atoms with Crippen LogP contribution in [0, 0.1) is 0 Å². The molecular formula is C22H28O5. The second-order valence-electron chi connectivity index (χ2n) is 6.23. The van der Waals surface area contributed by atoms with Crippen molar-refractivity contribution >= 4 is 11.6 Å². The van der Waals surface area contributed by atoms with E-state index >= 15 is 0 Å². The first kappa shape index (κ1) is 22.7. The maximum atomic E-state index is 11.9. The van der Waals surface area contributed by atoms with Crippen molar-refractivity contribution in [2.45, 2.75) is 39.6 Å². The average molecular weight is 372 g/mol. The lowest BCUT2D eigenvalue weighted by atomic mass is 9.97. The summed E-state index contributed by atoms with van der Waals surface area (Å²) in [4.78, 5) is 23.3. The van der Waals surface area contributed by atoms with Gasteiger partial charge in [-0.3, -0.25) is 9.59 Å². The Kier molecular flexibility index (Phi) is 9.58. The number of hydrogen-bond acceptors (Lipinski definition) is 5.